The monoisotopic (exact) mass is 361 g/mol. The van der Waals surface area contributed by atoms with E-state index in [0.717, 1.165) is 62.2 Å². The Kier molecular flexibility index (Phi) is 5.13. The fourth-order valence-corrected chi connectivity index (χ4v) is 4.44. The molecule has 0 unspecified atom stereocenters. The molecule has 0 amide bonds. The average molecular weight is 361 g/mol. The summed E-state index contributed by atoms with van der Waals surface area (Å²) < 4.78 is 5.31. The number of piperidine rings is 1. The first-order valence-corrected chi connectivity index (χ1v) is 9.86. The second-order valence-corrected chi connectivity index (χ2v) is 7.75. The smallest absolute Gasteiger partial charge is 0.169 e. The molecule has 27 heavy (non-hydrogen) atoms. The molecule has 1 aliphatic carbocycles. The molecular formula is C24H27NO2. The van der Waals surface area contributed by atoms with Crippen LogP contribution < -0.4 is 4.74 Å². The van der Waals surface area contributed by atoms with Crippen molar-refractivity contribution in [3.63, 3.8) is 0 Å². The van der Waals surface area contributed by atoms with Crippen molar-refractivity contribution in [1.82, 2.24) is 4.90 Å². The number of hydrogen-bond donors (Lipinski definition) is 0. The van der Waals surface area contributed by atoms with Crippen molar-refractivity contribution < 1.29 is 9.53 Å². The number of benzene rings is 2. The molecule has 1 aliphatic heterocycles. The van der Waals surface area contributed by atoms with Gasteiger partial charge in [-0.15, -0.1) is 0 Å². The highest BCUT2D eigenvalue weighted by molar-refractivity contribution is 6.03. The highest BCUT2D eigenvalue weighted by Gasteiger charge is 2.44. The van der Waals surface area contributed by atoms with Gasteiger partial charge in [-0.2, -0.15) is 0 Å². The van der Waals surface area contributed by atoms with Crippen LogP contribution in [0.5, 0.6) is 5.75 Å². The van der Waals surface area contributed by atoms with Crippen molar-refractivity contribution in [3.05, 3.63) is 71.3 Å². The van der Waals surface area contributed by atoms with E-state index in [-0.39, 0.29) is 5.41 Å². The van der Waals surface area contributed by atoms with E-state index in [9.17, 15) is 4.79 Å². The Morgan fingerprint density at radius 3 is 2.59 bits per heavy atom. The maximum absolute atomic E-state index is 13.2. The van der Waals surface area contributed by atoms with Crippen LogP contribution in [-0.2, 0) is 6.42 Å². The minimum absolute atomic E-state index is 0.152. The van der Waals surface area contributed by atoms with Crippen LogP contribution in [0.1, 0.15) is 40.7 Å². The van der Waals surface area contributed by atoms with Gasteiger partial charge in [-0.25, -0.2) is 0 Å². The van der Waals surface area contributed by atoms with Gasteiger partial charge in [0.25, 0.3) is 0 Å². The molecule has 2 aromatic rings. The number of hydrogen-bond acceptors (Lipinski definition) is 3. The zero-order valence-corrected chi connectivity index (χ0v) is 16.0. The number of fused-ring (bicyclic) bond motifs is 1. The summed E-state index contributed by atoms with van der Waals surface area (Å²) in [5, 5.41) is 0. The molecule has 0 radical (unpaired) electrons. The topological polar surface area (TPSA) is 29.5 Å². The fraction of sp³-hybridized carbons (Fsp3) is 0.375. The van der Waals surface area contributed by atoms with Crippen LogP contribution in [0.15, 0.2) is 54.6 Å². The number of carbonyl (C=O) groups is 1. The first-order valence-electron chi connectivity index (χ1n) is 9.86. The van der Waals surface area contributed by atoms with Gasteiger partial charge in [0.2, 0.25) is 0 Å². The van der Waals surface area contributed by atoms with Crippen molar-refractivity contribution in [3.8, 4) is 5.75 Å². The van der Waals surface area contributed by atoms with Crippen LogP contribution in [0.25, 0.3) is 6.08 Å². The molecule has 0 bridgehead atoms. The predicted octanol–water partition coefficient (Wildman–Crippen LogP) is 4.62. The number of carbonyl (C=O) groups excluding carboxylic acids is 1. The van der Waals surface area contributed by atoms with E-state index in [4.69, 9.17) is 4.74 Å². The van der Waals surface area contributed by atoms with Crippen LogP contribution in [-0.4, -0.2) is 37.4 Å². The minimum atomic E-state index is -0.152. The highest BCUT2D eigenvalue weighted by Crippen LogP contribution is 2.44. The van der Waals surface area contributed by atoms with Crippen molar-refractivity contribution in [1.29, 1.82) is 0 Å². The van der Waals surface area contributed by atoms with Gasteiger partial charge in [0.05, 0.1) is 7.11 Å². The molecule has 4 rings (SSSR count). The van der Waals surface area contributed by atoms with E-state index in [1.54, 1.807) is 7.11 Å². The van der Waals surface area contributed by atoms with Gasteiger partial charge >= 0.3 is 0 Å². The molecule has 0 aromatic heterocycles. The lowest BCUT2D eigenvalue weighted by molar-refractivity contribution is 0.0560. The van der Waals surface area contributed by atoms with E-state index in [1.165, 1.54) is 5.56 Å². The van der Waals surface area contributed by atoms with E-state index < -0.39 is 0 Å². The highest BCUT2D eigenvalue weighted by atomic mass is 16.5. The average Bonchev–Trinajstić information content (AvgIpc) is 2.73. The zero-order valence-electron chi connectivity index (χ0n) is 16.0. The summed E-state index contributed by atoms with van der Waals surface area (Å²) in [6, 6.07) is 16.3. The second kappa shape index (κ2) is 7.69. The maximum Gasteiger partial charge on any atom is 0.169 e. The van der Waals surface area contributed by atoms with Crippen molar-refractivity contribution in [2.45, 2.75) is 25.7 Å². The van der Waals surface area contributed by atoms with Gasteiger partial charge in [-0.3, -0.25) is 9.69 Å². The second-order valence-electron chi connectivity index (χ2n) is 7.75. The van der Waals surface area contributed by atoms with Gasteiger partial charge in [-0.1, -0.05) is 42.5 Å². The SMILES string of the molecule is COc1ccc2c(c1)CCC1(CCN(C/C=C/c3ccccc3)CC1)C2=O. The largest absolute Gasteiger partial charge is 0.497 e. The Labute approximate surface area is 161 Å². The number of nitrogens with zero attached hydrogens (tertiary/aromatic N) is 1. The number of likely N-dealkylation sites (tertiary alicyclic amines) is 1. The normalized spacial score (nSPS) is 19.4. The first kappa shape index (κ1) is 18.0. The number of Topliss-reactive ketones (excluding diaryl/α,β-unsaturated/α-hetero) is 1. The molecule has 0 atom stereocenters. The maximum atomic E-state index is 13.2. The Hall–Kier alpha value is -2.39. The molecular weight excluding hydrogens is 334 g/mol. The van der Waals surface area contributed by atoms with E-state index in [1.807, 2.05) is 24.3 Å². The van der Waals surface area contributed by atoms with Crippen LogP contribution in [0.3, 0.4) is 0 Å². The zero-order chi connectivity index (χ0) is 18.7. The molecule has 3 heteroatoms. The van der Waals surface area contributed by atoms with Crippen LogP contribution in [0, 0.1) is 5.41 Å². The van der Waals surface area contributed by atoms with Gasteiger partial charge in [0, 0.05) is 17.5 Å². The van der Waals surface area contributed by atoms with Crippen LogP contribution >= 0.6 is 0 Å². The Bertz CT molecular complexity index is 833. The lowest BCUT2D eigenvalue weighted by Gasteiger charge is -2.43. The lowest BCUT2D eigenvalue weighted by atomic mass is 9.65. The molecule has 1 spiro atoms. The summed E-state index contributed by atoms with van der Waals surface area (Å²) >= 11 is 0. The third-order valence-corrected chi connectivity index (χ3v) is 6.20. The van der Waals surface area contributed by atoms with Crippen LogP contribution in [0.2, 0.25) is 0 Å². The molecule has 1 heterocycles. The number of rotatable bonds is 4. The summed E-state index contributed by atoms with van der Waals surface area (Å²) in [5.41, 5.74) is 3.15. The summed E-state index contributed by atoms with van der Waals surface area (Å²) in [6.45, 7) is 2.94. The third kappa shape index (κ3) is 3.70. The third-order valence-electron chi connectivity index (χ3n) is 6.20. The van der Waals surface area contributed by atoms with Crippen molar-refractivity contribution in [2.75, 3.05) is 26.7 Å². The first-order chi connectivity index (χ1) is 13.2. The van der Waals surface area contributed by atoms with Gasteiger partial charge in [0.1, 0.15) is 5.75 Å². The Morgan fingerprint density at radius 1 is 1.07 bits per heavy atom. The summed E-state index contributed by atoms with van der Waals surface area (Å²) in [6.07, 6.45) is 8.30. The number of ketones is 1. The number of ether oxygens (including phenoxy) is 1. The summed E-state index contributed by atoms with van der Waals surface area (Å²) in [5.74, 6) is 1.20. The van der Waals surface area contributed by atoms with Crippen molar-refractivity contribution >= 4 is 11.9 Å². The fourth-order valence-electron chi connectivity index (χ4n) is 4.44. The van der Waals surface area contributed by atoms with E-state index in [2.05, 4.69) is 41.3 Å². The molecule has 140 valence electrons. The van der Waals surface area contributed by atoms with Gasteiger partial charge in [0.15, 0.2) is 5.78 Å². The molecule has 0 saturated carbocycles. The Morgan fingerprint density at radius 2 is 1.85 bits per heavy atom. The quantitative estimate of drug-likeness (QED) is 0.796. The standard InChI is InChI=1S/C24H27NO2/c1-27-21-9-10-22-20(18-21)11-12-24(23(22)26)13-16-25(17-14-24)15-5-8-19-6-3-2-4-7-19/h2-10,18H,11-17H2,1H3/b8-5+. The molecule has 3 nitrogen and oxygen atoms in total. The van der Waals surface area contributed by atoms with Crippen molar-refractivity contribution in [2.24, 2.45) is 5.41 Å². The molecule has 1 saturated heterocycles. The molecule has 1 fully saturated rings. The number of methoxy groups -OCH3 is 1. The summed E-state index contributed by atoms with van der Waals surface area (Å²) in [7, 11) is 1.68. The van der Waals surface area contributed by atoms with Gasteiger partial charge in [-0.05, 0) is 68.1 Å². The Balaban J connectivity index is 1.38. The molecule has 2 aliphatic rings. The van der Waals surface area contributed by atoms with E-state index in [0.29, 0.717) is 5.78 Å². The summed E-state index contributed by atoms with van der Waals surface area (Å²) in [4.78, 5) is 15.7. The molecule has 2 aromatic carbocycles. The van der Waals surface area contributed by atoms with Gasteiger partial charge < -0.3 is 4.74 Å². The number of aryl methyl sites for hydroxylation is 1. The predicted molar refractivity (Wildman–Crippen MR) is 109 cm³/mol. The van der Waals surface area contributed by atoms with E-state index >= 15 is 0 Å². The van der Waals surface area contributed by atoms with Crippen LogP contribution in [0.4, 0.5) is 0 Å². The molecule has 0 N–H and O–H groups in total. The lowest BCUT2D eigenvalue weighted by Crippen LogP contribution is -2.46. The minimum Gasteiger partial charge on any atom is -0.497 e.